The molecule has 0 saturated carbocycles. The zero-order valence-electron chi connectivity index (χ0n) is 10.4. The zero-order chi connectivity index (χ0) is 12.8. The lowest BCUT2D eigenvalue weighted by molar-refractivity contribution is 0.108. The Hall–Kier alpha value is -0.450. The maximum Gasteiger partial charge on any atom is 0.123 e. The van der Waals surface area contributed by atoms with Crippen molar-refractivity contribution in [2.75, 3.05) is 13.2 Å². The van der Waals surface area contributed by atoms with Crippen LogP contribution in [0.15, 0.2) is 22.7 Å². The Bertz CT molecular complexity index is 380. The summed E-state index contributed by atoms with van der Waals surface area (Å²) < 4.78 is 19.6. The fourth-order valence-electron chi connectivity index (χ4n) is 2.23. The number of nitrogens with one attached hydrogen (secondary N) is 1. The van der Waals surface area contributed by atoms with Gasteiger partial charge in [0, 0.05) is 17.1 Å². The largest absolute Gasteiger partial charge is 0.377 e. The van der Waals surface area contributed by atoms with Crippen LogP contribution in [0.3, 0.4) is 0 Å². The third-order valence-corrected chi connectivity index (χ3v) is 4.06. The molecule has 2 nitrogen and oxygen atoms in total. The standard InChI is InChI=1S/C14H19BrFNO/c15-14-5-4-12(16)9-11(14)10-18-8-6-13-3-1-2-7-17-13/h4-5,9,13,17H,1-3,6-8,10H2. The lowest BCUT2D eigenvalue weighted by Crippen LogP contribution is -2.34. The molecule has 1 heterocycles. The maximum atomic E-state index is 13.1. The molecule has 1 saturated heterocycles. The summed E-state index contributed by atoms with van der Waals surface area (Å²) in [4.78, 5) is 0. The second-order valence-electron chi connectivity index (χ2n) is 4.72. The van der Waals surface area contributed by atoms with Crippen LogP contribution in [0.2, 0.25) is 0 Å². The van der Waals surface area contributed by atoms with Crippen LogP contribution in [0, 0.1) is 5.82 Å². The van der Waals surface area contributed by atoms with Crippen LogP contribution in [0.4, 0.5) is 4.39 Å². The smallest absolute Gasteiger partial charge is 0.123 e. The number of benzene rings is 1. The molecule has 0 spiro atoms. The van der Waals surface area contributed by atoms with E-state index in [-0.39, 0.29) is 5.82 Å². The molecule has 1 aliphatic heterocycles. The molecule has 1 N–H and O–H groups in total. The van der Waals surface area contributed by atoms with Gasteiger partial charge in [0.05, 0.1) is 6.61 Å². The van der Waals surface area contributed by atoms with Gasteiger partial charge in [0.1, 0.15) is 5.82 Å². The zero-order valence-corrected chi connectivity index (χ0v) is 12.0. The van der Waals surface area contributed by atoms with E-state index >= 15 is 0 Å². The number of hydrogen-bond acceptors (Lipinski definition) is 2. The molecule has 4 heteroatoms. The molecule has 1 fully saturated rings. The van der Waals surface area contributed by atoms with Gasteiger partial charge in [-0.25, -0.2) is 4.39 Å². The van der Waals surface area contributed by atoms with E-state index in [0.29, 0.717) is 12.6 Å². The molecule has 1 aliphatic rings. The highest BCUT2D eigenvalue weighted by Gasteiger charge is 2.11. The molecule has 0 aliphatic carbocycles. The van der Waals surface area contributed by atoms with E-state index < -0.39 is 0 Å². The molecule has 1 aromatic rings. The summed E-state index contributed by atoms with van der Waals surface area (Å²) in [5.41, 5.74) is 0.867. The molecule has 2 rings (SSSR count). The van der Waals surface area contributed by atoms with Gasteiger partial charge in [-0.15, -0.1) is 0 Å². The molecule has 1 atom stereocenters. The van der Waals surface area contributed by atoms with Crippen LogP contribution in [-0.4, -0.2) is 19.2 Å². The lowest BCUT2D eigenvalue weighted by Gasteiger charge is -2.23. The fourth-order valence-corrected chi connectivity index (χ4v) is 2.59. The van der Waals surface area contributed by atoms with Crippen LogP contribution >= 0.6 is 15.9 Å². The molecule has 100 valence electrons. The van der Waals surface area contributed by atoms with Crippen LogP contribution in [0.1, 0.15) is 31.2 Å². The van der Waals surface area contributed by atoms with Gasteiger partial charge in [-0.1, -0.05) is 22.4 Å². The molecule has 0 bridgehead atoms. The normalized spacial score (nSPS) is 20.0. The first-order chi connectivity index (χ1) is 8.75. The van der Waals surface area contributed by atoms with Crippen molar-refractivity contribution in [1.82, 2.24) is 5.32 Å². The van der Waals surface area contributed by atoms with Crippen molar-refractivity contribution >= 4 is 15.9 Å². The first kappa shape index (κ1) is 14.0. The highest BCUT2D eigenvalue weighted by atomic mass is 79.9. The Morgan fingerprint density at radius 1 is 1.39 bits per heavy atom. The van der Waals surface area contributed by atoms with Crippen molar-refractivity contribution < 1.29 is 9.13 Å². The summed E-state index contributed by atoms with van der Waals surface area (Å²) in [6.07, 6.45) is 4.88. The Balaban J connectivity index is 1.69. The highest BCUT2D eigenvalue weighted by molar-refractivity contribution is 9.10. The Morgan fingerprint density at radius 3 is 3.06 bits per heavy atom. The van der Waals surface area contributed by atoms with Crippen molar-refractivity contribution in [1.29, 1.82) is 0 Å². The summed E-state index contributed by atoms with van der Waals surface area (Å²) in [6, 6.07) is 5.27. The van der Waals surface area contributed by atoms with Gasteiger partial charge in [-0.05, 0) is 49.6 Å². The van der Waals surface area contributed by atoms with Crippen LogP contribution in [-0.2, 0) is 11.3 Å². The van der Waals surface area contributed by atoms with Crippen molar-refractivity contribution in [3.05, 3.63) is 34.1 Å². The lowest BCUT2D eigenvalue weighted by atomic mass is 10.0. The minimum absolute atomic E-state index is 0.217. The number of halogens is 2. The minimum atomic E-state index is -0.217. The average Bonchev–Trinajstić information content (AvgIpc) is 2.40. The van der Waals surface area contributed by atoms with Crippen molar-refractivity contribution in [2.45, 2.75) is 38.3 Å². The fraction of sp³-hybridized carbons (Fsp3) is 0.571. The Morgan fingerprint density at radius 2 is 2.28 bits per heavy atom. The molecular formula is C14H19BrFNO. The van der Waals surface area contributed by atoms with E-state index in [0.717, 1.165) is 29.6 Å². The van der Waals surface area contributed by atoms with Crippen LogP contribution in [0.25, 0.3) is 0 Å². The Labute approximate surface area is 116 Å². The van der Waals surface area contributed by atoms with Gasteiger partial charge in [0.15, 0.2) is 0 Å². The molecule has 0 amide bonds. The van der Waals surface area contributed by atoms with Crippen molar-refractivity contribution in [3.8, 4) is 0 Å². The molecule has 1 unspecified atom stereocenters. The topological polar surface area (TPSA) is 21.3 Å². The van der Waals surface area contributed by atoms with Gasteiger partial charge >= 0.3 is 0 Å². The van der Waals surface area contributed by atoms with E-state index in [2.05, 4.69) is 21.2 Å². The molecule has 0 aromatic heterocycles. The van der Waals surface area contributed by atoms with Gasteiger partial charge in [-0.2, -0.15) is 0 Å². The maximum absolute atomic E-state index is 13.1. The first-order valence-electron chi connectivity index (χ1n) is 6.51. The second-order valence-corrected chi connectivity index (χ2v) is 5.58. The first-order valence-corrected chi connectivity index (χ1v) is 7.30. The number of hydrogen-bond donors (Lipinski definition) is 1. The summed E-state index contributed by atoms with van der Waals surface area (Å²) in [5.74, 6) is -0.217. The van der Waals surface area contributed by atoms with Crippen molar-refractivity contribution in [3.63, 3.8) is 0 Å². The van der Waals surface area contributed by atoms with Gasteiger partial charge in [-0.3, -0.25) is 0 Å². The Kier molecular flexibility index (Phi) is 5.60. The number of rotatable bonds is 5. The van der Waals surface area contributed by atoms with E-state index in [1.165, 1.54) is 31.4 Å². The van der Waals surface area contributed by atoms with Crippen molar-refractivity contribution in [2.24, 2.45) is 0 Å². The molecule has 0 radical (unpaired) electrons. The van der Waals surface area contributed by atoms with E-state index in [9.17, 15) is 4.39 Å². The van der Waals surface area contributed by atoms with Crippen LogP contribution in [0.5, 0.6) is 0 Å². The summed E-state index contributed by atoms with van der Waals surface area (Å²) in [6.45, 7) is 2.31. The minimum Gasteiger partial charge on any atom is -0.377 e. The second kappa shape index (κ2) is 7.22. The third kappa shape index (κ3) is 4.34. The molecule has 1 aromatic carbocycles. The molecular weight excluding hydrogens is 297 g/mol. The monoisotopic (exact) mass is 315 g/mol. The molecule has 18 heavy (non-hydrogen) atoms. The summed E-state index contributed by atoms with van der Waals surface area (Å²) in [5, 5.41) is 3.49. The van der Waals surface area contributed by atoms with Gasteiger partial charge in [0.25, 0.3) is 0 Å². The predicted molar refractivity (Wildman–Crippen MR) is 74.0 cm³/mol. The van der Waals surface area contributed by atoms with E-state index in [4.69, 9.17) is 4.74 Å². The quantitative estimate of drug-likeness (QED) is 0.838. The SMILES string of the molecule is Fc1ccc(Br)c(COCCC2CCCCN2)c1. The number of ether oxygens (including phenoxy) is 1. The number of piperidine rings is 1. The van der Waals surface area contributed by atoms with Gasteiger partial charge in [0.2, 0.25) is 0 Å². The van der Waals surface area contributed by atoms with Gasteiger partial charge < -0.3 is 10.1 Å². The summed E-state index contributed by atoms with van der Waals surface area (Å²) in [7, 11) is 0. The summed E-state index contributed by atoms with van der Waals surface area (Å²) >= 11 is 3.40. The van der Waals surface area contributed by atoms with E-state index in [1.807, 2.05) is 0 Å². The average molecular weight is 316 g/mol. The predicted octanol–water partition coefficient (Wildman–Crippen LogP) is 3.64. The third-order valence-electron chi connectivity index (χ3n) is 3.29. The van der Waals surface area contributed by atoms with E-state index in [1.54, 1.807) is 6.07 Å². The highest BCUT2D eigenvalue weighted by Crippen LogP contribution is 2.19. The van der Waals surface area contributed by atoms with Crippen LogP contribution < -0.4 is 5.32 Å².